The van der Waals surface area contributed by atoms with Crippen LogP contribution in [-0.2, 0) is 4.79 Å². The normalized spacial score (nSPS) is 21.4. The van der Waals surface area contributed by atoms with Gasteiger partial charge in [-0.15, -0.1) is 0 Å². The molecule has 2 heterocycles. The monoisotopic (exact) mass is 367 g/mol. The maximum atomic E-state index is 12.8. The zero-order valence-corrected chi connectivity index (χ0v) is 15.7. The second-order valence-electron chi connectivity index (χ2n) is 6.74. The van der Waals surface area contributed by atoms with Crippen LogP contribution in [0, 0.1) is 0 Å². The number of benzene rings is 1. The first kappa shape index (κ1) is 19.0. The van der Waals surface area contributed by atoms with Gasteiger partial charge in [0.1, 0.15) is 5.69 Å². The Morgan fingerprint density at radius 2 is 1.81 bits per heavy atom. The number of carbonyl (C=O) groups is 2. The Morgan fingerprint density at radius 3 is 2.37 bits per heavy atom. The van der Waals surface area contributed by atoms with Crippen LogP contribution >= 0.6 is 0 Å². The Balaban J connectivity index is 1.86. The van der Waals surface area contributed by atoms with E-state index >= 15 is 0 Å². The summed E-state index contributed by atoms with van der Waals surface area (Å²) in [5, 5.41) is 9.85. The molecule has 3 atom stereocenters. The second kappa shape index (κ2) is 8.31. The average molecular weight is 367 g/mol. The molecule has 6 nitrogen and oxygen atoms in total. The Bertz CT molecular complexity index is 782. The number of aliphatic hydroxyl groups excluding tert-OH is 1. The minimum atomic E-state index is -0.265. The van der Waals surface area contributed by atoms with Crippen molar-refractivity contribution in [1.29, 1.82) is 0 Å². The number of hydrogen-bond donors (Lipinski definition) is 1. The molecule has 142 valence electrons. The molecule has 1 N–H and O–H groups in total. The highest BCUT2D eigenvalue weighted by atomic mass is 16.3. The number of nitrogens with zero attached hydrogens (tertiary/aromatic N) is 3. The SMILES string of the molecule is CCN(C[C@H]1[C@H](c2ccccc2)[C@H](CO)N1C(C)=O)C(=O)c1ccccn1. The van der Waals surface area contributed by atoms with Crippen molar-refractivity contribution in [2.45, 2.75) is 31.8 Å². The summed E-state index contributed by atoms with van der Waals surface area (Å²) in [6.45, 7) is 4.24. The molecule has 27 heavy (non-hydrogen) atoms. The highest BCUT2D eigenvalue weighted by Gasteiger charge is 2.50. The fourth-order valence-corrected chi connectivity index (χ4v) is 3.97. The predicted octanol–water partition coefficient (Wildman–Crippen LogP) is 1.92. The number of likely N-dealkylation sites (N-methyl/N-ethyl adjacent to an activating group) is 1. The molecule has 2 amide bonds. The largest absolute Gasteiger partial charge is 0.394 e. The molecule has 0 aliphatic carbocycles. The van der Waals surface area contributed by atoms with E-state index in [0.717, 1.165) is 5.56 Å². The highest BCUT2D eigenvalue weighted by molar-refractivity contribution is 5.92. The molecule has 3 rings (SSSR count). The first-order valence-corrected chi connectivity index (χ1v) is 9.23. The minimum Gasteiger partial charge on any atom is -0.394 e. The van der Waals surface area contributed by atoms with Crippen molar-refractivity contribution >= 4 is 11.8 Å². The van der Waals surface area contributed by atoms with Gasteiger partial charge in [0, 0.05) is 32.1 Å². The van der Waals surface area contributed by atoms with E-state index in [1.54, 1.807) is 34.2 Å². The Labute approximate surface area is 159 Å². The maximum absolute atomic E-state index is 12.8. The predicted molar refractivity (Wildman–Crippen MR) is 102 cm³/mol. The van der Waals surface area contributed by atoms with Crippen molar-refractivity contribution in [3.8, 4) is 0 Å². The number of aromatic nitrogens is 1. The van der Waals surface area contributed by atoms with Gasteiger partial charge >= 0.3 is 0 Å². The van der Waals surface area contributed by atoms with Gasteiger partial charge in [-0.3, -0.25) is 14.6 Å². The minimum absolute atomic E-state index is 0.00863. The molecule has 1 fully saturated rings. The lowest BCUT2D eigenvalue weighted by atomic mass is 9.74. The first-order valence-electron chi connectivity index (χ1n) is 9.23. The third-order valence-corrected chi connectivity index (χ3v) is 5.24. The molecule has 0 radical (unpaired) electrons. The fourth-order valence-electron chi connectivity index (χ4n) is 3.97. The van der Waals surface area contributed by atoms with Crippen molar-refractivity contribution in [2.75, 3.05) is 19.7 Å². The molecule has 0 spiro atoms. The van der Waals surface area contributed by atoms with Crippen molar-refractivity contribution in [3.05, 3.63) is 66.0 Å². The summed E-state index contributed by atoms with van der Waals surface area (Å²) in [6, 6.07) is 14.7. The second-order valence-corrected chi connectivity index (χ2v) is 6.74. The van der Waals surface area contributed by atoms with Gasteiger partial charge in [-0.05, 0) is 24.6 Å². The van der Waals surface area contributed by atoms with E-state index < -0.39 is 0 Å². The number of aliphatic hydroxyl groups is 1. The summed E-state index contributed by atoms with van der Waals surface area (Å²) in [6.07, 6.45) is 1.60. The summed E-state index contributed by atoms with van der Waals surface area (Å²) >= 11 is 0. The Kier molecular flexibility index (Phi) is 5.86. The average Bonchev–Trinajstić information content (AvgIpc) is 2.68. The smallest absolute Gasteiger partial charge is 0.272 e. The topological polar surface area (TPSA) is 73.7 Å². The third kappa shape index (κ3) is 3.71. The quantitative estimate of drug-likeness (QED) is 0.847. The zero-order chi connectivity index (χ0) is 19.4. The summed E-state index contributed by atoms with van der Waals surface area (Å²) in [4.78, 5) is 32.6. The number of likely N-dealkylation sites (tertiary alicyclic amines) is 1. The fraction of sp³-hybridized carbons (Fsp3) is 0.381. The van der Waals surface area contributed by atoms with Crippen LogP contribution in [0.5, 0.6) is 0 Å². The zero-order valence-electron chi connectivity index (χ0n) is 15.7. The van der Waals surface area contributed by atoms with Crippen molar-refractivity contribution in [2.24, 2.45) is 0 Å². The summed E-state index contributed by atoms with van der Waals surface area (Å²) in [5.74, 6) is -0.251. The third-order valence-electron chi connectivity index (χ3n) is 5.24. The van der Waals surface area contributed by atoms with Crippen LogP contribution in [0.2, 0.25) is 0 Å². The van der Waals surface area contributed by atoms with E-state index in [0.29, 0.717) is 18.8 Å². The van der Waals surface area contributed by atoms with Gasteiger partial charge in [0.25, 0.3) is 5.91 Å². The highest BCUT2D eigenvalue weighted by Crippen LogP contribution is 2.41. The van der Waals surface area contributed by atoms with E-state index in [1.165, 1.54) is 6.92 Å². The van der Waals surface area contributed by atoms with E-state index in [2.05, 4.69) is 4.98 Å². The molecular formula is C21H25N3O3. The molecule has 1 aliphatic heterocycles. The van der Waals surface area contributed by atoms with Crippen molar-refractivity contribution < 1.29 is 14.7 Å². The lowest BCUT2D eigenvalue weighted by molar-refractivity contribution is -0.149. The molecule has 0 bridgehead atoms. The standard InChI is InChI=1S/C21H25N3O3/c1-3-23(21(27)17-11-7-8-12-22-17)13-18-20(16-9-5-4-6-10-16)19(14-25)24(18)15(2)26/h4-12,18-20,25H,3,13-14H2,1-2H3/t18-,19-,20-/m0/s1. The van der Waals surface area contributed by atoms with Crippen LogP contribution in [-0.4, -0.2) is 63.5 Å². The molecular weight excluding hydrogens is 342 g/mol. The van der Waals surface area contributed by atoms with E-state index in [4.69, 9.17) is 0 Å². The molecule has 1 aliphatic rings. The van der Waals surface area contributed by atoms with E-state index in [-0.39, 0.29) is 36.4 Å². The van der Waals surface area contributed by atoms with E-state index in [9.17, 15) is 14.7 Å². The Hall–Kier alpha value is -2.73. The van der Waals surface area contributed by atoms with Crippen molar-refractivity contribution in [1.82, 2.24) is 14.8 Å². The van der Waals surface area contributed by atoms with Crippen LogP contribution in [0.15, 0.2) is 54.7 Å². The van der Waals surface area contributed by atoms with Gasteiger partial charge in [-0.25, -0.2) is 0 Å². The first-order chi connectivity index (χ1) is 13.1. The Morgan fingerprint density at radius 1 is 1.11 bits per heavy atom. The van der Waals surface area contributed by atoms with Gasteiger partial charge < -0.3 is 14.9 Å². The molecule has 1 saturated heterocycles. The molecule has 1 aromatic carbocycles. The molecule has 6 heteroatoms. The lowest BCUT2D eigenvalue weighted by Crippen LogP contribution is -2.68. The van der Waals surface area contributed by atoms with Gasteiger partial charge in [-0.2, -0.15) is 0 Å². The summed E-state index contributed by atoms with van der Waals surface area (Å²) < 4.78 is 0. The van der Waals surface area contributed by atoms with Gasteiger partial charge in [0.15, 0.2) is 0 Å². The van der Waals surface area contributed by atoms with Gasteiger partial charge in [0.05, 0.1) is 18.7 Å². The van der Waals surface area contributed by atoms with Crippen LogP contribution in [0.25, 0.3) is 0 Å². The van der Waals surface area contributed by atoms with Crippen LogP contribution in [0.4, 0.5) is 0 Å². The van der Waals surface area contributed by atoms with Crippen LogP contribution in [0.1, 0.15) is 35.8 Å². The van der Waals surface area contributed by atoms with Crippen molar-refractivity contribution in [3.63, 3.8) is 0 Å². The summed E-state index contributed by atoms with van der Waals surface area (Å²) in [5.41, 5.74) is 1.46. The van der Waals surface area contributed by atoms with Gasteiger partial charge in [0.2, 0.25) is 5.91 Å². The summed E-state index contributed by atoms with van der Waals surface area (Å²) in [7, 11) is 0. The number of pyridine rings is 1. The lowest BCUT2D eigenvalue weighted by Gasteiger charge is -2.55. The number of hydrogen-bond acceptors (Lipinski definition) is 4. The van der Waals surface area contributed by atoms with Crippen LogP contribution < -0.4 is 0 Å². The maximum Gasteiger partial charge on any atom is 0.272 e. The molecule has 2 aromatic rings. The van der Waals surface area contributed by atoms with E-state index in [1.807, 2.05) is 37.3 Å². The number of carbonyl (C=O) groups excluding carboxylic acids is 2. The van der Waals surface area contributed by atoms with Gasteiger partial charge in [-0.1, -0.05) is 36.4 Å². The molecule has 1 aromatic heterocycles. The number of rotatable bonds is 6. The molecule has 0 unspecified atom stereocenters. The van der Waals surface area contributed by atoms with Crippen LogP contribution in [0.3, 0.4) is 0 Å². The number of amides is 2. The molecule has 0 saturated carbocycles.